The van der Waals surface area contributed by atoms with E-state index < -0.39 is 0 Å². The van der Waals surface area contributed by atoms with Gasteiger partial charge in [-0.3, -0.25) is 4.79 Å². The quantitative estimate of drug-likeness (QED) is 0.688. The maximum Gasteiger partial charge on any atom is 0.248 e. The number of rotatable bonds is 7. The van der Waals surface area contributed by atoms with Crippen LogP contribution in [0.4, 0.5) is 5.69 Å². The monoisotopic (exact) mass is 405 g/mol. The molecular weight excluding hydrogens is 386 g/mol. The second-order valence-corrected chi connectivity index (χ2v) is 5.87. The van der Waals surface area contributed by atoms with Crippen molar-refractivity contribution in [1.29, 1.82) is 0 Å². The van der Waals surface area contributed by atoms with Crippen molar-refractivity contribution in [3.8, 4) is 17.2 Å². The molecule has 1 N–H and O–H groups in total. The molecular formula is C19H20BrNO4. The highest BCUT2D eigenvalue weighted by Crippen LogP contribution is 2.36. The summed E-state index contributed by atoms with van der Waals surface area (Å²) in [6.07, 6.45) is 3.17. The second-order valence-electron chi connectivity index (χ2n) is 5.02. The van der Waals surface area contributed by atoms with Gasteiger partial charge in [0.15, 0.2) is 11.5 Å². The first kappa shape index (κ1) is 18.9. The van der Waals surface area contributed by atoms with Crippen LogP contribution in [0, 0.1) is 0 Å². The Kier molecular flexibility index (Phi) is 6.89. The van der Waals surface area contributed by atoms with E-state index in [-0.39, 0.29) is 5.91 Å². The zero-order valence-electron chi connectivity index (χ0n) is 14.3. The molecule has 2 aromatic rings. The predicted octanol–water partition coefficient (Wildman–Crippen LogP) is 4.52. The van der Waals surface area contributed by atoms with Gasteiger partial charge in [0.1, 0.15) is 5.75 Å². The Balaban J connectivity index is 2.06. The van der Waals surface area contributed by atoms with Gasteiger partial charge in [0.25, 0.3) is 0 Å². The van der Waals surface area contributed by atoms with Crippen molar-refractivity contribution in [2.75, 3.05) is 26.1 Å². The van der Waals surface area contributed by atoms with Crippen LogP contribution in [0.2, 0.25) is 0 Å². The molecule has 0 saturated heterocycles. The van der Waals surface area contributed by atoms with Crippen molar-refractivity contribution >= 4 is 33.6 Å². The Morgan fingerprint density at radius 3 is 2.48 bits per heavy atom. The third-order valence-corrected chi connectivity index (χ3v) is 3.90. The van der Waals surface area contributed by atoms with Crippen LogP contribution in [0.5, 0.6) is 17.2 Å². The van der Waals surface area contributed by atoms with E-state index in [1.165, 1.54) is 6.08 Å². The Morgan fingerprint density at radius 2 is 1.88 bits per heavy atom. The molecule has 0 unspecified atom stereocenters. The molecule has 0 saturated carbocycles. The number of nitrogens with one attached hydrogen (secondary N) is 1. The number of methoxy groups -OCH3 is 2. The molecule has 0 aliphatic heterocycles. The molecule has 2 rings (SSSR count). The van der Waals surface area contributed by atoms with Gasteiger partial charge < -0.3 is 19.5 Å². The normalized spacial score (nSPS) is 10.6. The van der Waals surface area contributed by atoms with E-state index in [1.54, 1.807) is 38.5 Å². The lowest BCUT2D eigenvalue weighted by molar-refractivity contribution is -0.111. The Morgan fingerprint density at radius 1 is 1.16 bits per heavy atom. The van der Waals surface area contributed by atoms with Gasteiger partial charge in [-0.05, 0) is 70.9 Å². The molecule has 0 aromatic heterocycles. The average Bonchev–Trinajstić information content (AvgIpc) is 2.61. The fourth-order valence-electron chi connectivity index (χ4n) is 2.19. The average molecular weight is 406 g/mol. The van der Waals surface area contributed by atoms with Crippen LogP contribution in [0.15, 0.2) is 46.9 Å². The number of hydrogen-bond acceptors (Lipinski definition) is 4. The van der Waals surface area contributed by atoms with E-state index in [2.05, 4.69) is 21.2 Å². The third-order valence-electron chi connectivity index (χ3n) is 3.32. The minimum atomic E-state index is -0.227. The second kappa shape index (κ2) is 9.13. The largest absolute Gasteiger partial charge is 0.494 e. The van der Waals surface area contributed by atoms with Gasteiger partial charge in [0.05, 0.1) is 25.3 Å². The molecule has 0 atom stereocenters. The lowest BCUT2D eigenvalue weighted by Crippen LogP contribution is -2.07. The Bertz CT molecular complexity index is 757. The summed E-state index contributed by atoms with van der Waals surface area (Å²) in [6.45, 7) is 2.53. The van der Waals surface area contributed by atoms with Gasteiger partial charge in [-0.25, -0.2) is 0 Å². The first-order valence-corrected chi connectivity index (χ1v) is 8.50. The smallest absolute Gasteiger partial charge is 0.248 e. The van der Waals surface area contributed by atoms with Crippen LogP contribution in [-0.2, 0) is 4.79 Å². The first-order valence-electron chi connectivity index (χ1n) is 7.70. The highest BCUT2D eigenvalue weighted by Gasteiger charge is 2.09. The molecule has 0 heterocycles. The van der Waals surface area contributed by atoms with E-state index in [1.807, 2.05) is 25.1 Å². The van der Waals surface area contributed by atoms with Gasteiger partial charge in [-0.1, -0.05) is 0 Å². The number of halogens is 1. The van der Waals surface area contributed by atoms with Crippen LogP contribution >= 0.6 is 15.9 Å². The van der Waals surface area contributed by atoms with Crippen LogP contribution < -0.4 is 19.5 Å². The van der Waals surface area contributed by atoms with Crippen molar-refractivity contribution in [3.63, 3.8) is 0 Å². The molecule has 0 aliphatic rings. The zero-order valence-corrected chi connectivity index (χ0v) is 15.9. The number of ether oxygens (including phenoxy) is 3. The Labute approximate surface area is 155 Å². The highest BCUT2D eigenvalue weighted by molar-refractivity contribution is 9.10. The third kappa shape index (κ3) is 5.26. The number of carbonyl (C=O) groups is 1. The summed E-state index contributed by atoms with van der Waals surface area (Å²) in [6, 6.07) is 10.9. The first-order chi connectivity index (χ1) is 12.1. The van der Waals surface area contributed by atoms with Crippen LogP contribution in [0.1, 0.15) is 12.5 Å². The van der Waals surface area contributed by atoms with Crippen LogP contribution in [0.25, 0.3) is 6.08 Å². The van der Waals surface area contributed by atoms with Crippen molar-refractivity contribution in [2.24, 2.45) is 0 Å². The van der Waals surface area contributed by atoms with Crippen molar-refractivity contribution in [1.82, 2.24) is 0 Å². The molecule has 6 heteroatoms. The number of carbonyl (C=O) groups excluding carboxylic acids is 1. The lowest BCUT2D eigenvalue weighted by Gasteiger charge is -2.10. The molecule has 2 aromatic carbocycles. The summed E-state index contributed by atoms with van der Waals surface area (Å²) in [7, 11) is 3.14. The van der Waals surface area contributed by atoms with E-state index in [9.17, 15) is 4.79 Å². The zero-order chi connectivity index (χ0) is 18.2. The summed E-state index contributed by atoms with van der Waals surface area (Å²) in [5.41, 5.74) is 1.51. The molecule has 1 amide bonds. The van der Waals surface area contributed by atoms with Gasteiger partial charge in [0, 0.05) is 11.8 Å². The minimum Gasteiger partial charge on any atom is -0.494 e. The highest BCUT2D eigenvalue weighted by atomic mass is 79.9. The molecule has 25 heavy (non-hydrogen) atoms. The molecule has 0 aliphatic carbocycles. The topological polar surface area (TPSA) is 56.8 Å². The minimum absolute atomic E-state index is 0.227. The van der Waals surface area contributed by atoms with E-state index >= 15 is 0 Å². The van der Waals surface area contributed by atoms with Crippen LogP contribution in [0.3, 0.4) is 0 Å². The van der Waals surface area contributed by atoms with Gasteiger partial charge in [0.2, 0.25) is 5.91 Å². The molecule has 5 nitrogen and oxygen atoms in total. The number of amides is 1. The molecule has 132 valence electrons. The van der Waals surface area contributed by atoms with Crippen molar-refractivity contribution in [2.45, 2.75) is 6.92 Å². The molecule has 0 bridgehead atoms. The van der Waals surface area contributed by atoms with Gasteiger partial charge >= 0.3 is 0 Å². The summed E-state index contributed by atoms with van der Waals surface area (Å²) in [4.78, 5) is 12.1. The van der Waals surface area contributed by atoms with Gasteiger partial charge in [-0.2, -0.15) is 0 Å². The number of anilines is 1. The van der Waals surface area contributed by atoms with Crippen LogP contribution in [-0.4, -0.2) is 26.7 Å². The lowest BCUT2D eigenvalue weighted by atomic mass is 10.2. The van der Waals surface area contributed by atoms with E-state index in [0.717, 1.165) is 15.8 Å². The summed E-state index contributed by atoms with van der Waals surface area (Å²) < 4.78 is 16.7. The molecule has 0 radical (unpaired) electrons. The maximum atomic E-state index is 12.1. The molecule has 0 fully saturated rings. The van der Waals surface area contributed by atoms with Crippen molar-refractivity contribution < 1.29 is 19.0 Å². The molecule has 0 spiro atoms. The Hall–Kier alpha value is -2.47. The number of benzene rings is 2. The fourth-order valence-corrected chi connectivity index (χ4v) is 2.81. The summed E-state index contributed by atoms with van der Waals surface area (Å²) in [5, 5.41) is 2.80. The van der Waals surface area contributed by atoms with Gasteiger partial charge in [-0.15, -0.1) is 0 Å². The summed E-state index contributed by atoms with van der Waals surface area (Å²) in [5.74, 6) is 1.74. The SMILES string of the molecule is CCOc1ccc(NC(=O)C=Cc2cc(Br)c(OC)c(OC)c2)cc1. The fraction of sp³-hybridized carbons (Fsp3) is 0.211. The summed E-state index contributed by atoms with van der Waals surface area (Å²) >= 11 is 3.43. The number of hydrogen-bond donors (Lipinski definition) is 1. The van der Waals surface area contributed by atoms with E-state index in [0.29, 0.717) is 23.8 Å². The van der Waals surface area contributed by atoms with Crippen molar-refractivity contribution in [3.05, 3.63) is 52.5 Å². The maximum absolute atomic E-state index is 12.1. The predicted molar refractivity (Wildman–Crippen MR) is 103 cm³/mol. The standard InChI is InChI=1S/C19H20BrNO4/c1-4-25-15-8-6-14(7-9-15)21-18(22)10-5-13-11-16(20)19(24-3)17(12-13)23-2/h5-12H,4H2,1-3H3,(H,21,22). The van der Waals surface area contributed by atoms with E-state index in [4.69, 9.17) is 14.2 Å².